The first-order valence-corrected chi connectivity index (χ1v) is 12.1. The van der Waals surface area contributed by atoms with Gasteiger partial charge >= 0.3 is 0 Å². The van der Waals surface area contributed by atoms with Crippen molar-refractivity contribution in [2.24, 2.45) is 0 Å². The fraction of sp³-hybridized carbons (Fsp3) is 0.208. The van der Waals surface area contributed by atoms with Crippen LogP contribution in [0.15, 0.2) is 64.5 Å². The molecule has 0 radical (unpaired) electrons. The Hall–Kier alpha value is -2.97. The molecule has 0 unspecified atom stereocenters. The molecule has 1 amide bonds. The molecular formula is C24H22FN3O2S2. The van der Waals surface area contributed by atoms with Gasteiger partial charge in [0, 0.05) is 10.6 Å². The standard InChI is InChI=1S/C24H22FN3O2S2/c1-3-7-19-15(2)21-22(32-19)27-24(28(23(21)30)18-12-10-16(25)11-13-18)31-14-20(29)26-17-8-5-4-6-9-17/h4-6,8-13H,3,7,14H2,1-2H3,(H,26,29). The fourth-order valence-corrected chi connectivity index (χ4v) is 5.57. The Balaban J connectivity index is 1.74. The summed E-state index contributed by atoms with van der Waals surface area (Å²) in [6, 6.07) is 14.9. The number of hydrogen-bond donors (Lipinski definition) is 1. The molecule has 1 N–H and O–H groups in total. The van der Waals surface area contributed by atoms with E-state index in [4.69, 9.17) is 4.98 Å². The van der Waals surface area contributed by atoms with E-state index in [1.165, 1.54) is 39.8 Å². The summed E-state index contributed by atoms with van der Waals surface area (Å²) in [5, 5.41) is 3.83. The van der Waals surface area contributed by atoms with Crippen molar-refractivity contribution in [1.29, 1.82) is 0 Å². The summed E-state index contributed by atoms with van der Waals surface area (Å²) in [6.45, 7) is 4.04. The van der Waals surface area contributed by atoms with Crippen LogP contribution in [0.1, 0.15) is 23.8 Å². The highest BCUT2D eigenvalue weighted by molar-refractivity contribution is 7.99. The molecule has 8 heteroatoms. The number of thiophene rings is 1. The Morgan fingerprint density at radius 1 is 1.16 bits per heavy atom. The normalized spacial score (nSPS) is 11.1. The number of carbonyl (C=O) groups excluding carboxylic acids is 1. The second-order valence-electron chi connectivity index (χ2n) is 7.29. The van der Waals surface area contributed by atoms with E-state index in [0.717, 1.165) is 23.3 Å². The van der Waals surface area contributed by atoms with E-state index in [9.17, 15) is 14.0 Å². The predicted molar refractivity (Wildman–Crippen MR) is 130 cm³/mol. The summed E-state index contributed by atoms with van der Waals surface area (Å²) in [6.07, 6.45) is 1.85. The highest BCUT2D eigenvalue weighted by atomic mass is 32.2. The number of aryl methyl sites for hydroxylation is 2. The SMILES string of the molecule is CCCc1sc2nc(SCC(=O)Nc3ccccc3)n(-c3ccc(F)cc3)c(=O)c2c1C. The average molecular weight is 468 g/mol. The summed E-state index contributed by atoms with van der Waals surface area (Å²) >= 11 is 2.71. The quantitative estimate of drug-likeness (QED) is 0.285. The van der Waals surface area contributed by atoms with Crippen molar-refractivity contribution in [3.8, 4) is 5.69 Å². The fourth-order valence-electron chi connectivity index (χ4n) is 3.44. The predicted octanol–water partition coefficient (Wildman–Crippen LogP) is 5.58. The highest BCUT2D eigenvalue weighted by Gasteiger charge is 2.20. The molecule has 2 aromatic heterocycles. The number of amides is 1. The number of nitrogens with zero attached hydrogens (tertiary/aromatic N) is 2. The van der Waals surface area contributed by atoms with Crippen molar-refractivity contribution in [2.45, 2.75) is 31.8 Å². The number of rotatable bonds is 7. The minimum Gasteiger partial charge on any atom is -0.325 e. The molecule has 0 aliphatic carbocycles. The largest absolute Gasteiger partial charge is 0.325 e. The lowest BCUT2D eigenvalue weighted by atomic mass is 10.1. The minimum atomic E-state index is -0.385. The zero-order valence-corrected chi connectivity index (χ0v) is 19.4. The number of nitrogens with one attached hydrogen (secondary N) is 1. The molecule has 4 rings (SSSR count). The Morgan fingerprint density at radius 2 is 1.88 bits per heavy atom. The third-order valence-corrected chi connectivity index (χ3v) is 7.17. The van der Waals surface area contributed by atoms with Gasteiger partial charge in [-0.2, -0.15) is 0 Å². The molecule has 0 atom stereocenters. The van der Waals surface area contributed by atoms with Crippen LogP contribution in [0.3, 0.4) is 0 Å². The van der Waals surface area contributed by atoms with Crippen LogP contribution in [-0.4, -0.2) is 21.2 Å². The second-order valence-corrected chi connectivity index (χ2v) is 9.32. The molecule has 164 valence electrons. The number of aromatic nitrogens is 2. The van der Waals surface area contributed by atoms with E-state index in [2.05, 4.69) is 12.2 Å². The number of carbonyl (C=O) groups is 1. The summed E-state index contributed by atoms with van der Waals surface area (Å²) in [5.41, 5.74) is 1.96. The third kappa shape index (κ3) is 4.61. The summed E-state index contributed by atoms with van der Waals surface area (Å²) in [4.78, 5) is 32.6. The maximum Gasteiger partial charge on any atom is 0.267 e. The first kappa shape index (κ1) is 22.2. The summed E-state index contributed by atoms with van der Waals surface area (Å²) < 4.78 is 15.0. The van der Waals surface area contributed by atoms with Gasteiger partial charge in [0.1, 0.15) is 10.6 Å². The molecule has 2 aromatic carbocycles. The molecule has 5 nitrogen and oxygen atoms in total. The smallest absolute Gasteiger partial charge is 0.267 e. The van der Waals surface area contributed by atoms with Gasteiger partial charge < -0.3 is 5.32 Å². The van der Waals surface area contributed by atoms with Crippen LogP contribution in [0.2, 0.25) is 0 Å². The van der Waals surface area contributed by atoms with E-state index in [-0.39, 0.29) is 23.0 Å². The van der Waals surface area contributed by atoms with Crippen molar-refractivity contribution < 1.29 is 9.18 Å². The van der Waals surface area contributed by atoms with E-state index < -0.39 is 0 Å². The van der Waals surface area contributed by atoms with Gasteiger partial charge in [-0.25, -0.2) is 9.37 Å². The molecule has 4 aromatic rings. The number of halogens is 1. The summed E-state index contributed by atoms with van der Waals surface area (Å²) in [7, 11) is 0. The molecule has 32 heavy (non-hydrogen) atoms. The van der Waals surface area contributed by atoms with Gasteiger partial charge in [-0.3, -0.25) is 14.2 Å². The maximum atomic E-state index is 13.5. The van der Waals surface area contributed by atoms with E-state index in [0.29, 0.717) is 26.7 Å². The number of fused-ring (bicyclic) bond motifs is 1. The number of anilines is 1. The van der Waals surface area contributed by atoms with Crippen LogP contribution in [0, 0.1) is 12.7 Å². The molecule has 0 aliphatic heterocycles. The monoisotopic (exact) mass is 467 g/mol. The highest BCUT2D eigenvalue weighted by Crippen LogP contribution is 2.31. The van der Waals surface area contributed by atoms with E-state index >= 15 is 0 Å². The Labute approximate surface area is 193 Å². The molecule has 0 fully saturated rings. The van der Waals surface area contributed by atoms with Gasteiger partial charge in [-0.05, 0) is 55.3 Å². The van der Waals surface area contributed by atoms with Crippen LogP contribution in [0.4, 0.5) is 10.1 Å². The Morgan fingerprint density at radius 3 is 2.56 bits per heavy atom. The molecule has 0 aliphatic rings. The lowest BCUT2D eigenvalue weighted by Gasteiger charge is -2.12. The van der Waals surface area contributed by atoms with Crippen LogP contribution < -0.4 is 10.9 Å². The van der Waals surface area contributed by atoms with Gasteiger partial charge in [0.05, 0.1) is 16.8 Å². The van der Waals surface area contributed by atoms with Crippen molar-refractivity contribution >= 4 is 44.9 Å². The van der Waals surface area contributed by atoms with Crippen molar-refractivity contribution in [3.63, 3.8) is 0 Å². The maximum absolute atomic E-state index is 13.5. The molecule has 0 spiro atoms. The van der Waals surface area contributed by atoms with Gasteiger partial charge in [0.2, 0.25) is 5.91 Å². The second kappa shape index (κ2) is 9.67. The number of thioether (sulfide) groups is 1. The minimum absolute atomic E-state index is 0.0835. The van der Waals surface area contributed by atoms with Gasteiger partial charge in [0.15, 0.2) is 5.16 Å². The van der Waals surface area contributed by atoms with Crippen LogP contribution >= 0.6 is 23.1 Å². The van der Waals surface area contributed by atoms with Crippen molar-refractivity contribution in [3.05, 3.63) is 81.2 Å². The lowest BCUT2D eigenvalue weighted by Crippen LogP contribution is -2.23. The van der Waals surface area contributed by atoms with Crippen LogP contribution in [0.5, 0.6) is 0 Å². The Bertz CT molecular complexity index is 1320. The molecular weight excluding hydrogens is 445 g/mol. The Kier molecular flexibility index (Phi) is 6.72. The van der Waals surface area contributed by atoms with Gasteiger partial charge in [-0.1, -0.05) is 43.3 Å². The number of benzene rings is 2. The molecule has 2 heterocycles. The van der Waals surface area contributed by atoms with E-state index in [1.807, 2.05) is 37.3 Å². The van der Waals surface area contributed by atoms with Crippen molar-refractivity contribution in [1.82, 2.24) is 9.55 Å². The van der Waals surface area contributed by atoms with Crippen molar-refractivity contribution in [2.75, 3.05) is 11.1 Å². The molecule has 0 bridgehead atoms. The average Bonchev–Trinajstić information content (AvgIpc) is 3.09. The van der Waals surface area contributed by atoms with E-state index in [1.54, 1.807) is 12.1 Å². The van der Waals surface area contributed by atoms with Gasteiger partial charge in [0.25, 0.3) is 5.56 Å². The zero-order chi connectivity index (χ0) is 22.7. The zero-order valence-electron chi connectivity index (χ0n) is 17.7. The lowest BCUT2D eigenvalue weighted by molar-refractivity contribution is -0.113. The first-order valence-electron chi connectivity index (χ1n) is 10.3. The summed E-state index contributed by atoms with van der Waals surface area (Å²) in [5.74, 6) is -0.500. The number of hydrogen-bond acceptors (Lipinski definition) is 5. The first-order chi connectivity index (χ1) is 15.5. The van der Waals surface area contributed by atoms with Crippen LogP contribution in [-0.2, 0) is 11.2 Å². The number of para-hydroxylation sites is 1. The van der Waals surface area contributed by atoms with Gasteiger partial charge in [-0.15, -0.1) is 11.3 Å². The molecule has 0 saturated carbocycles. The third-order valence-electron chi connectivity index (χ3n) is 4.98. The topological polar surface area (TPSA) is 64.0 Å². The van der Waals surface area contributed by atoms with Crippen LogP contribution in [0.25, 0.3) is 15.9 Å². The molecule has 0 saturated heterocycles.